The molecule has 0 saturated carbocycles. The van der Waals surface area contributed by atoms with Crippen molar-refractivity contribution in [2.24, 2.45) is 0 Å². The second-order valence-corrected chi connectivity index (χ2v) is 6.83. The fourth-order valence-electron chi connectivity index (χ4n) is 3.69. The lowest BCUT2D eigenvalue weighted by molar-refractivity contribution is 0.275. The van der Waals surface area contributed by atoms with E-state index in [1.807, 2.05) is 18.2 Å². The third kappa shape index (κ3) is 3.64. The number of methoxy groups -OCH3 is 2. The van der Waals surface area contributed by atoms with Crippen molar-refractivity contribution in [1.29, 1.82) is 0 Å². The van der Waals surface area contributed by atoms with Gasteiger partial charge in [0, 0.05) is 24.2 Å². The van der Waals surface area contributed by atoms with Crippen molar-refractivity contribution in [3.05, 3.63) is 52.1 Å². The van der Waals surface area contributed by atoms with E-state index in [0.717, 1.165) is 49.4 Å². The molecule has 0 atom stereocenters. The molecule has 2 aromatic carbocycles. The van der Waals surface area contributed by atoms with Crippen LogP contribution in [-0.4, -0.2) is 42.9 Å². The summed E-state index contributed by atoms with van der Waals surface area (Å²) in [7, 11) is 5.43. The van der Waals surface area contributed by atoms with E-state index in [1.165, 1.54) is 16.7 Å². The predicted octanol–water partition coefficient (Wildman–Crippen LogP) is 2.67. The zero-order valence-corrected chi connectivity index (χ0v) is 15.7. The summed E-state index contributed by atoms with van der Waals surface area (Å²) in [6.45, 7) is 1.50. The average molecular weight is 357 g/mol. The van der Waals surface area contributed by atoms with Crippen LogP contribution in [0.5, 0.6) is 17.2 Å². The third-order valence-corrected chi connectivity index (χ3v) is 5.17. The van der Waals surface area contributed by atoms with Crippen LogP contribution >= 0.6 is 0 Å². The molecule has 0 aromatic heterocycles. The maximum atomic E-state index is 10.1. The number of aliphatic hydroxyl groups is 1. The summed E-state index contributed by atoms with van der Waals surface area (Å²) in [4.78, 5) is 2.26. The number of benzene rings is 2. The van der Waals surface area contributed by atoms with Gasteiger partial charge in [-0.2, -0.15) is 0 Å². The number of likely N-dealkylation sites (N-methyl/N-ethyl adjacent to an activating group) is 1. The summed E-state index contributed by atoms with van der Waals surface area (Å²) < 4.78 is 11.1. The van der Waals surface area contributed by atoms with E-state index < -0.39 is 0 Å². The molecule has 1 heterocycles. The number of hydrogen-bond acceptors (Lipinski definition) is 5. The number of hydrogen-bond donors (Lipinski definition) is 2. The van der Waals surface area contributed by atoms with Crippen molar-refractivity contribution < 1.29 is 19.7 Å². The van der Waals surface area contributed by atoms with E-state index in [1.54, 1.807) is 14.2 Å². The van der Waals surface area contributed by atoms with E-state index in [-0.39, 0.29) is 12.4 Å². The Hall–Kier alpha value is -2.24. The highest BCUT2D eigenvalue weighted by Crippen LogP contribution is 2.36. The molecule has 5 heteroatoms. The van der Waals surface area contributed by atoms with Crippen LogP contribution in [0.15, 0.2) is 24.3 Å². The largest absolute Gasteiger partial charge is 0.508 e. The lowest BCUT2D eigenvalue weighted by Crippen LogP contribution is -2.23. The maximum absolute atomic E-state index is 10.1. The van der Waals surface area contributed by atoms with Crippen LogP contribution in [-0.2, 0) is 32.4 Å². The van der Waals surface area contributed by atoms with Crippen LogP contribution in [0.2, 0.25) is 0 Å². The van der Waals surface area contributed by atoms with Crippen LogP contribution in [0.25, 0.3) is 0 Å². The molecule has 5 nitrogen and oxygen atoms in total. The second kappa shape index (κ2) is 7.98. The lowest BCUT2D eigenvalue weighted by Gasteiger charge is -2.25. The van der Waals surface area contributed by atoms with Crippen molar-refractivity contribution >= 4 is 0 Å². The highest BCUT2D eigenvalue weighted by atomic mass is 16.5. The molecule has 1 aliphatic heterocycles. The Morgan fingerprint density at radius 3 is 2.42 bits per heavy atom. The van der Waals surface area contributed by atoms with Crippen molar-refractivity contribution in [3.63, 3.8) is 0 Å². The Bertz CT molecular complexity index is 788. The Morgan fingerprint density at radius 1 is 1.00 bits per heavy atom. The van der Waals surface area contributed by atoms with Gasteiger partial charge in [0.25, 0.3) is 0 Å². The van der Waals surface area contributed by atoms with Gasteiger partial charge in [-0.1, -0.05) is 6.07 Å². The Morgan fingerprint density at radius 2 is 1.73 bits per heavy atom. The molecule has 26 heavy (non-hydrogen) atoms. The number of phenols is 1. The van der Waals surface area contributed by atoms with Gasteiger partial charge in [0.05, 0.1) is 20.8 Å². The Balaban J connectivity index is 2.04. The minimum Gasteiger partial charge on any atom is -0.508 e. The normalized spacial score (nSPS) is 15.1. The van der Waals surface area contributed by atoms with Gasteiger partial charge >= 0.3 is 0 Å². The Kier molecular flexibility index (Phi) is 5.69. The summed E-state index contributed by atoms with van der Waals surface area (Å²) in [6.07, 6.45) is 2.58. The number of ether oxygens (including phenoxy) is 2. The van der Waals surface area contributed by atoms with E-state index in [9.17, 15) is 10.2 Å². The molecule has 0 fully saturated rings. The first-order chi connectivity index (χ1) is 12.6. The fraction of sp³-hybridized carbons (Fsp3) is 0.429. The standard InChI is InChI=1S/C21H27NO4/c1-22-9-8-16-11-19(24)17(13-23)10-15(16)5-4-14-6-7-20(25-2)21(26-3)18(14)12-22/h6-7,10-11,23-24H,4-5,8-9,12-13H2,1-3H3. The third-order valence-electron chi connectivity index (χ3n) is 5.17. The molecule has 0 amide bonds. The number of aromatic hydroxyl groups is 1. The summed E-state index contributed by atoms with van der Waals surface area (Å²) in [5, 5.41) is 19.6. The summed E-state index contributed by atoms with van der Waals surface area (Å²) in [6, 6.07) is 7.82. The number of aliphatic hydroxyl groups excluding tert-OH is 1. The molecule has 0 spiro atoms. The quantitative estimate of drug-likeness (QED) is 0.884. The summed E-state index contributed by atoms with van der Waals surface area (Å²) in [5.41, 5.74) is 5.32. The summed E-state index contributed by atoms with van der Waals surface area (Å²) >= 11 is 0. The van der Waals surface area contributed by atoms with Crippen molar-refractivity contribution in [2.75, 3.05) is 27.8 Å². The van der Waals surface area contributed by atoms with Gasteiger partial charge in [-0.25, -0.2) is 0 Å². The minimum atomic E-state index is -0.152. The highest BCUT2D eigenvalue weighted by Gasteiger charge is 2.19. The molecule has 1 aliphatic rings. The van der Waals surface area contributed by atoms with Gasteiger partial charge < -0.3 is 24.6 Å². The zero-order valence-electron chi connectivity index (χ0n) is 15.7. The molecule has 3 rings (SSSR count). The summed E-state index contributed by atoms with van der Waals surface area (Å²) in [5.74, 6) is 1.74. The SMILES string of the molecule is COc1ccc2c(c1OC)CN(C)CCc1cc(O)c(CO)cc1CC2. The first-order valence-electron chi connectivity index (χ1n) is 8.93. The number of aryl methyl sites for hydroxylation is 2. The fourth-order valence-corrected chi connectivity index (χ4v) is 3.69. The van der Waals surface area contributed by atoms with E-state index >= 15 is 0 Å². The lowest BCUT2D eigenvalue weighted by atomic mass is 9.92. The number of nitrogens with zero attached hydrogens (tertiary/aromatic N) is 1. The molecule has 140 valence electrons. The molecule has 0 unspecified atom stereocenters. The first-order valence-corrected chi connectivity index (χ1v) is 8.93. The molecule has 0 saturated heterocycles. The van der Waals surface area contributed by atoms with Crippen LogP contribution in [0, 0.1) is 0 Å². The average Bonchev–Trinajstić information content (AvgIpc) is 2.65. The van der Waals surface area contributed by atoms with Gasteiger partial charge in [-0.3, -0.25) is 0 Å². The second-order valence-electron chi connectivity index (χ2n) is 6.83. The maximum Gasteiger partial charge on any atom is 0.165 e. The van der Waals surface area contributed by atoms with Gasteiger partial charge in [0.15, 0.2) is 11.5 Å². The predicted molar refractivity (Wildman–Crippen MR) is 101 cm³/mol. The van der Waals surface area contributed by atoms with E-state index in [4.69, 9.17) is 9.47 Å². The Labute approximate surface area is 154 Å². The monoisotopic (exact) mass is 357 g/mol. The first kappa shape index (κ1) is 18.5. The van der Waals surface area contributed by atoms with Crippen LogP contribution in [0.4, 0.5) is 0 Å². The zero-order chi connectivity index (χ0) is 18.7. The van der Waals surface area contributed by atoms with Crippen LogP contribution in [0.1, 0.15) is 27.8 Å². The van der Waals surface area contributed by atoms with Crippen molar-refractivity contribution in [2.45, 2.75) is 32.4 Å². The molecule has 0 radical (unpaired) electrons. The van der Waals surface area contributed by atoms with Gasteiger partial charge in [0.2, 0.25) is 0 Å². The van der Waals surface area contributed by atoms with Crippen molar-refractivity contribution in [3.8, 4) is 17.2 Å². The topological polar surface area (TPSA) is 62.2 Å². The minimum absolute atomic E-state index is 0.152. The molecular formula is C21H27NO4. The van der Waals surface area contributed by atoms with E-state index in [0.29, 0.717) is 5.56 Å². The molecule has 0 bridgehead atoms. The molecule has 2 N–H and O–H groups in total. The van der Waals surface area contributed by atoms with Crippen LogP contribution in [0.3, 0.4) is 0 Å². The van der Waals surface area contributed by atoms with Gasteiger partial charge in [0.1, 0.15) is 5.75 Å². The van der Waals surface area contributed by atoms with Crippen LogP contribution < -0.4 is 9.47 Å². The van der Waals surface area contributed by atoms with Gasteiger partial charge in [-0.15, -0.1) is 0 Å². The highest BCUT2D eigenvalue weighted by molar-refractivity contribution is 5.51. The molecule has 2 aromatic rings. The van der Waals surface area contributed by atoms with Crippen molar-refractivity contribution in [1.82, 2.24) is 4.90 Å². The smallest absolute Gasteiger partial charge is 0.165 e. The molecule has 0 aliphatic carbocycles. The number of fused-ring (bicyclic) bond motifs is 2. The molecular weight excluding hydrogens is 330 g/mol. The van der Waals surface area contributed by atoms with E-state index in [2.05, 4.69) is 18.0 Å². The number of rotatable bonds is 3. The van der Waals surface area contributed by atoms with Gasteiger partial charge in [-0.05, 0) is 61.2 Å².